The molecule has 16 heavy (non-hydrogen) atoms. The van der Waals surface area contributed by atoms with Crippen LogP contribution in [0.15, 0.2) is 0 Å². The van der Waals surface area contributed by atoms with Gasteiger partial charge in [0.05, 0.1) is 11.7 Å². The topological polar surface area (TPSA) is 101 Å². The molecule has 0 saturated heterocycles. The molecule has 7 heteroatoms. The number of carbonyl (C=O) groups is 2. The molecule has 0 radical (unpaired) electrons. The molecule has 0 aromatic carbocycles. The predicted molar refractivity (Wildman–Crippen MR) is 58.7 cm³/mol. The van der Waals surface area contributed by atoms with Gasteiger partial charge in [-0.05, 0) is 13.8 Å². The molecule has 1 amide bonds. The molecule has 2 unspecified atom stereocenters. The van der Waals surface area contributed by atoms with Crippen molar-refractivity contribution < 1.29 is 23.1 Å². The lowest BCUT2D eigenvalue weighted by molar-refractivity contribution is -0.142. The van der Waals surface area contributed by atoms with E-state index in [-0.39, 0.29) is 12.2 Å². The van der Waals surface area contributed by atoms with Crippen molar-refractivity contribution in [2.45, 2.75) is 26.3 Å². The van der Waals surface area contributed by atoms with Crippen molar-refractivity contribution in [1.29, 1.82) is 0 Å². The van der Waals surface area contributed by atoms with E-state index in [0.29, 0.717) is 0 Å². The first-order valence-electron chi connectivity index (χ1n) is 4.83. The van der Waals surface area contributed by atoms with Gasteiger partial charge in [-0.1, -0.05) is 0 Å². The zero-order valence-electron chi connectivity index (χ0n) is 9.56. The molecule has 0 spiro atoms. The Morgan fingerprint density at radius 3 is 2.19 bits per heavy atom. The number of rotatable bonds is 6. The predicted octanol–water partition coefficient (Wildman–Crippen LogP) is -0.353. The first kappa shape index (κ1) is 14.9. The molecule has 0 aliphatic heterocycles. The number of carbonyl (C=O) groups excluding carboxylic acids is 1. The minimum atomic E-state index is -3.17. The summed E-state index contributed by atoms with van der Waals surface area (Å²) >= 11 is 0. The molecule has 0 aliphatic carbocycles. The van der Waals surface area contributed by atoms with Crippen LogP contribution in [0, 0.1) is 5.92 Å². The average Bonchev–Trinajstić information content (AvgIpc) is 2.12. The maximum atomic E-state index is 11.3. The number of hydrogen-bond donors (Lipinski definition) is 2. The highest BCUT2D eigenvalue weighted by atomic mass is 32.2. The Bertz CT molecular complexity index is 362. The number of amides is 1. The molecule has 0 heterocycles. The van der Waals surface area contributed by atoms with Gasteiger partial charge in [0.25, 0.3) is 0 Å². The second-order valence-electron chi connectivity index (χ2n) is 3.86. The number of hydrogen-bond acceptors (Lipinski definition) is 4. The largest absolute Gasteiger partial charge is 0.481 e. The van der Waals surface area contributed by atoms with Crippen LogP contribution in [0.3, 0.4) is 0 Å². The summed E-state index contributed by atoms with van der Waals surface area (Å²) in [7, 11) is -3.17. The van der Waals surface area contributed by atoms with Crippen LogP contribution in [-0.2, 0) is 19.4 Å². The van der Waals surface area contributed by atoms with E-state index in [1.165, 1.54) is 6.92 Å². The number of carboxylic acids is 1. The van der Waals surface area contributed by atoms with E-state index in [2.05, 4.69) is 5.32 Å². The summed E-state index contributed by atoms with van der Waals surface area (Å²) in [6.07, 6.45) is 0.902. The normalized spacial score (nSPS) is 15.2. The van der Waals surface area contributed by atoms with Crippen molar-refractivity contribution in [3.8, 4) is 0 Å². The van der Waals surface area contributed by atoms with Crippen LogP contribution in [0.4, 0.5) is 0 Å². The molecule has 94 valence electrons. The van der Waals surface area contributed by atoms with Gasteiger partial charge in [-0.2, -0.15) is 0 Å². The molecule has 0 aromatic heterocycles. The standard InChI is InChI=1S/C9H17NO5S/c1-6(9(12)13)7(2)10-8(11)4-5-16(3,14)15/h6-7H,4-5H2,1-3H3,(H,10,11)(H,12,13). The zero-order chi connectivity index (χ0) is 12.9. The van der Waals surface area contributed by atoms with Crippen LogP contribution in [0.5, 0.6) is 0 Å². The summed E-state index contributed by atoms with van der Waals surface area (Å²) in [5, 5.41) is 11.1. The van der Waals surface area contributed by atoms with E-state index in [1.807, 2.05) is 0 Å². The molecule has 0 bridgehead atoms. The van der Waals surface area contributed by atoms with Gasteiger partial charge in [0.2, 0.25) is 5.91 Å². The molecule has 0 aromatic rings. The van der Waals surface area contributed by atoms with E-state index < -0.39 is 33.7 Å². The van der Waals surface area contributed by atoms with Gasteiger partial charge in [-0.15, -0.1) is 0 Å². The SMILES string of the molecule is CC(NC(=O)CCS(C)(=O)=O)C(C)C(=O)O. The lowest BCUT2D eigenvalue weighted by atomic mass is 10.0. The molecule has 2 atom stereocenters. The summed E-state index contributed by atoms with van der Waals surface area (Å²) in [6.45, 7) is 3.04. The van der Waals surface area contributed by atoms with Crippen LogP contribution < -0.4 is 5.32 Å². The maximum absolute atomic E-state index is 11.3. The molecule has 2 N–H and O–H groups in total. The highest BCUT2D eigenvalue weighted by molar-refractivity contribution is 7.90. The van der Waals surface area contributed by atoms with Gasteiger partial charge in [-0.25, -0.2) is 8.42 Å². The fraction of sp³-hybridized carbons (Fsp3) is 0.778. The third-order valence-corrected chi connectivity index (χ3v) is 3.17. The third kappa shape index (κ3) is 6.39. The summed E-state index contributed by atoms with van der Waals surface area (Å²) in [4.78, 5) is 21.9. The summed E-state index contributed by atoms with van der Waals surface area (Å²) in [5.74, 6) is -2.39. The molecule has 0 saturated carbocycles. The Labute approximate surface area is 95.0 Å². The lowest BCUT2D eigenvalue weighted by Gasteiger charge is -2.17. The quantitative estimate of drug-likeness (QED) is 0.671. The van der Waals surface area contributed by atoms with Crippen molar-refractivity contribution >= 4 is 21.7 Å². The van der Waals surface area contributed by atoms with Crippen molar-refractivity contribution in [3.05, 3.63) is 0 Å². The van der Waals surface area contributed by atoms with E-state index in [1.54, 1.807) is 6.92 Å². The molecule has 0 rings (SSSR count). The van der Waals surface area contributed by atoms with Gasteiger partial charge in [0, 0.05) is 18.7 Å². The Morgan fingerprint density at radius 1 is 1.31 bits per heavy atom. The fourth-order valence-corrected chi connectivity index (χ4v) is 1.50. The number of carboxylic acid groups (broad SMARTS) is 1. The highest BCUT2D eigenvalue weighted by Gasteiger charge is 2.21. The van der Waals surface area contributed by atoms with Crippen molar-refractivity contribution in [2.75, 3.05) is 12.0 Å². The summed E-state index contributed by atoms with van der Waals surface area (Å²) in [6, 6.07) is -0.524. The van der Waals surface area contributed by atoms with E-state index in [0.717, 1.165) is 6.26 Å². The summed E-state index contributed by atoms with van der Waals surface area (Å²) in [5.41, 5.74) is 0. The molecular weight excluding hydrogens is 234 g/mol. The molecule has 0 fully saturated rings. The van der Waals surface area contributed by atoms with Crippen molar-refractivity contribution in [3.63, 3.8) is 0 Å². The van der Waals surface area contributed by atoms with Gasteiger partial charge in [0.15, 0.2) is 0 Å². The molecule has 0 aliphatic rings. The number of aliphatic carboxylic acids is 1. The van der Waals surface area contributed by atoms with Gasteiger partial charge >= 0.3 is 5.97 Å². The Kier molecular flexibility index (Phi) is 5.43. The first-order valence-corrected chi connectivity index (χ1v) is 6.89. The molecule has 6 nitrogen and oxygen atoms in total. The van der Waals surface area contributed by atoms with Crippen LogP contribution in [-0.4, -0.2) is 43.5 Å². The minimum absolute atomic E-state index is 0.143. The summed E-state index contributed by atoms with van der Waals surface area (Å²) < 4.78 is 21.6. The second-order valence-corrected chi connectivity index (χ2v) is 6.12. The zero-order valence-corrected chi connectivity index (χ0v) is 10.4. The maximum Gasteiger partial charge on any atom is 0.308 e. The van der Waals surface area contributed by atoms with Crippen LogP contribution in [0.2, 0.25) is 0 Å². The minimum Gasteiger partial charge on any atom is -0.481 e. The van der Waals surface area contributed by atoms with Crippen molar-refractivity contribution in [1.82, 2.24) is 5.32 Å². The smallest absolute Gasteiger partial charge is 0.308 e. The van der Waals surface area contributed by atoms with E-state index in [4.69, 9.17) is 5.11 Å². The van der Waals surface area contributed by atoms with E-state index >= 15 is 0 Å². The van der Waals surface area contributed by atoms with Crippen LogP contribution in [0.25, 0.3) is 0 Å². The van der Waals surface area contributed by atoms with Crippen LogP contribution >= 0.6 is 0 Å². The van der Waals surface area contributed by atoms with Crippen molar-refractivity contribution in [2.24, 2.45) is 5.92 Å². The number of sulfone groups is 1. The number of nitrogens with one attached hydrogen (secondary N) is 1. The van der Waals surface area contributed by atoms with E-state index in [9.17, 15) is 18.0 Å². The van der Waals surface area contributed by atoms with Gasteiger partial charge in [-0.3, -0.25) is 9.59 Å². The monoisotopic (exact) mass is 251 g/mol. The first-order chi connectivity index (χ1) is 7.13. The Hall–Kier alpha value is -1.11. The third-order valence-electron chi connectivity index (χ3n) is 2.23. The highest BCUT2D eigenvalue weighted by Crippen LogP contribution is 2.02. The average molecular weight is 251 g/mol. The second kappa shape index (κ2) is 5.83. The van der Waals surface area contributed by atoms with Gasteiger partial charge in [0.1, 0.15) is 9.84 Å². The Morgan fingerprint density at radius 2 is 1.81 bits per heavy atom. The fourth-order valence-electron chi connectivity index (χ4n) is 0.943. The Balaban J connectivity index is 4.11. The lowest BCUT2D eigenvalue weighted by Crippen LogP contribution is -2.40. The molecular formula is C9H17NO5S. The van der Waals surface area contributed by atoms with Crippen LogP contribution in [0.1, 0.15) is 20.3 Å². The van der Waals surface area contributed by atoms with Gasteiger partial charge < -0.3 is 10.4 Å².